The van der Waals surface area contributed by atoms with Crippen molar-refractivity contribution in [3.8, 4) is 17.6 Å². The van der Waals surface area contributed by atoms with Crippen LogP contribution in [0.1, 0.15) is 19.3 Å². The molecule has 23 heavy (non-hydrogen) atoms. The van der Waals surface area contributed by atoms with E-state index in [2.05, 4.69) is 5.32 Å². The van der Waals surface area contributed by atoms with Crippen LogP contribution in [0.5, 0.6) is 11.5 Å². The first-order valence-electron chi connectivity index (χ1n) is 7.57. The van der Waals surface area contributed by atoms with Crippen LogP contribution in [-0.2, 0) is 4.79 Å². The van der Waals surface area contributed by atoms with Crippen LogP contribution in [0.3, 0.4) is 0 Å². The Morgan fingerprint density at radius 2 is 1.91 bits per heavy atom. The van der Waals surface area contributed by atoms with Crippen molar-refractivity contribution >= 4 is 11.6 Å². The van der Waals surface area contributed by atoms with Crippen LogP contribution in [0.25, 0.3) is 0 Å². The molecule has 0 aliphatic carbocycles. The average molecular weight is 315 g/mol. The SMILES string of the molecule is COc1ccc(NC(=O)/C(C#N)=C\N2CCCCC2)cc1OC. The number of hydrogen-bond acceptors (Lipinski definition) is 5. The van der Waals surface area contributed by atoms with E-state index in [-0.39, 0.29) is 5.57 Å². The largest absolute Gasteiger partial charge is 0.493 e. The van der Waals surface area contributed by atoms with E-state index in [1.165, 1.54) is 13.5 Å². The van der Waals surface area contributed by atoms with Crippen molar-refractivity contribution in [3.05, 3.63) is 30.0 Å². The maximum Gasteiger partial charge on any atom is 0.267 e. The maximum atomic E-state index is 12.3. The first-order chi connectivity index (χ1) is 11.2. The van der Waals surface area contributed by atoms with Crippen molar-refractivity contribution in [2.24, 2.45) is 0 Å². The van der Waals surface area contributed by atoms with Gasteiger partial charge in [-0.1, -0.05) is 0 Å². The number of rotatable bonds is 5. The third-order valence-electron chi connectivity index (χ3n) is 3.71. The Balaban J connectivity index is 2.10. The molecule has 1 aliphatic rings. The number of anilines is 1. The lowest BCUT2D eigenvalue weighted by atomic mass is 10.1. The number of likely N-dealkylation sites (tertiary alicyclic amines) is 1. The lowest BCUT2D eigenvalue weighted by Gasteiger charge is -2.25. The van der Waals surface area contributed by atoms with Crippen molar-refractivity contribution in [1.82, 2.24) is 4.90 Å². The molecule has 6 heteroatoms. The standard InChI is InChI=1S/C17H21N3O3/c1-22-15-7-6-14(10-16(15)23-2)19-17(21)13(11-18)12-20-8-4-3-5-9-20/h6-7,10,12H,3-5,8-9H2,1-2H3,(H,19,21)/b13-12-. The minimum Gasteiger partial charge on any atom is -0.493 e. The Morgan fingerprint density at radius 3 is 2.52 bits per heavy atom. The van der Waals surface area contributed by atoms with Crippen molar-refractivity contribution in [2.75, 3.05) is 32.6 Å². The molecule has 1 saturated heterocycles. The molecule has 1 heterocycles. The number of ether oxygens (including phenoxy) is 2. The van der Waals surface area contributed by atoms with E-state index >= 15 is 0 Å². The summed E-state index contributed by atoms with van der Waals surface area (Å²) in [7, 11) is 3.08. The van der Waals surface area contributed by atoms with Gasteiger partial charge in [-0.2, -0.15) is 5.26 Å². The minimum atomic E-state index is -0.426. The van der Waals surface area contributed by atoms with Gasteiger partial charge in [-0.05, 0) is 31.4 Å². The summed E-state index contributed by atoms with van der Waals surface area (Å²) in [5.41, 5.74) is 0.647. The Bertz CT molecular complexity index is 628. The van der Waals surface area contributed by atoms with E-state index < -0.39 is 5.91 Å². The highest BCUT2D eigenvalue weighted by molar-refractivity contribution is 6.06. The molecule has 6 nitrogen and oxygen atoms in total. The van der Waals surface area contributed by atoms with Gasteiger partial charge in [0.15, 0.2) is 11.5 Å². The normalized spacial score (nSPS) is 14.8. The van der Waals surface area contributed by atoms with Gasteiger partial charge in [0.2, 0.25) is 0 Å². The van der Waals surface area contributed by atoms with Crippen molar-refractivity contribution < 1.29 is 14.3 Å². The second-order valence-electron chi connectivity index (χ2n) is 5.28. The zero-order valence-corrected chi connectivity index (χ0v) is 13.5. The first kappa shape index (κ1) is 16.7. The molecule has 0 atom stereocenters. The Morgan fingerprint density at radius 1 is 1.22 bits per heavy atom. The molecular formula is C17H21N3O3. The molecule has 1 aromatic carbocycles. The molecule has 1 aliphatic heterocycles. The third kappa shape index (κ3) is 4.39. The molecular weight excluding hydrogens is 294 g/mol. The van der Waals surface area contributed by atoms with Crippen LogP contribution in [0.2, 0.25) is 0 Å². The summed E-state index contributed by atoms with van der Waals surface area (Å²) < 4.78 is 10.4. The number of methoxy groups -OCH3 is 2. The van der Waals surface area contributed by atoms with Crippen molar-refractivity contribution in [1.29, 1.82) is 5.26 Å². The van der Waals surface area contributed by atoms with Gasteiger partial charge in [0.25, 0.3) is 5.91 Å². The van der Waals surface area contributed by atoms with Crippen LogP contribution < -0.4 is 14.8 Å². The third-order valence-corrected chi connectivity index (χ3v) is 3.71. The number of nitriles is 1. The number of amides is 1. The summed E-state index contributed by atoms with van der Waals surface area (Å²) in [6.07, 6.45) is 5.03. The van der Waals surface area contributed by atoms with E-state index in [4.69, 9.17) is 9.47 Å². The molecule has 0 unspecified atom stereocenters. The smallest absolute Gasteiger partial charge is 0.267 e. The molecule has 1 aromatic rings. The Hall–Kier alpha value is -2.68. The highest BCUT2D eigenvalue weighted by Crippen LogP contribution is 2.29. The second kappa shape index (κ2) is 8.08. The van der Waals surface area contributed by atoms with Gasteiger partial charge in [-0.15, -0.1) is 0 Å². The molecule has 0 saturated carbocycles. The van der Waals surface area contributed by atoms with E-state index in [0.717, 1.165) is 25.9 Å². The van der Waals surface area contributed by atoms with Gasteiger partial charge in [0.1, 0.15) is 11.6 Å². The van der Waals surface area contributed by atoms with E-state index in [1.807, 2.05) is 11.0 Å². The molecule has 2 rings (SSSR count). The predicted molar refractivity (Wildman–Crippen MR) is 87.3 cm³/mol. The minimum absolute atomic E-state index is 0.0988. The highest BCUT2D eigenvalue weighted by atomic mass is 16.5. The summed E-state index contributed by atoms with van der Waals surface area (Å²) in [6, 6.07) is 7.04. The monoisotopic (exact) mass is 315 g/mol. The molecule has 0 aromatic heterocycles. The average Bonchev–Trinajstić information content (AvgIpc) is 2.60. The number of benzene rings is 1. The van der Waals surface area contributed by atoms with Crippen LogP contribution in [-0.4, -0.2) is 38.1 Å². The lowest BCUT2D eigenvalue weighted by molar-refractivity contribution is -0.112. The number of nitrogens with one attached hydrogen (secondary N) is 1. The summed E-state index contributed by atoms with van der Waals surface area (Å²) in [5, 5.41) is 12.0. The number of piperidine rings is 1. The van der Waals surface area contributed by atoms with Gasteiger partial charge >= 0.3 is 0 Å². The maximum absolute atomic E-state index is 12.3. The van der Waals surface area contributed by atoms with E-state index in [0.29, 0.717) is 17.2 Å². The highest BCUT2D eigenvalue weighted by Gasteiger charge is 2.14. The van der Waals surface area contributed by atoms with Gasteiger partial charge in [-0.3, -0.25) is 4.79 Å². The summed E-state index contributed by atoms with van der Waals surface area (Å²) >= 11 is 0. The molecule has 1 N–H and O–H groups in total. The zero-order valence-electron chi connectivity index (χ0n) is 13.5. The summed E-state index contributed by atoms with van der Waals surface area (Å²) in [6.45, 7) is 1.77. The van der Waals surface area contributed by atoms with Gasteiger partial charge < -0.3 is 19.7 Å². The molecule has 1 fully saturated rings. The van der Waals surface area contributed by atoms with E-state index in [9.17, 15) is 10.1 Å². The molecule has 0 bridgehead atoms. The van der Waals surface area contributed by atoms with E-state index in [1.54, 1.807) is 31.5 Å². The molecule has 0 spiro atoms. The number of carbonyl (C=O) groups is 1. The number of nitrogens with zero attached hydrogens (tertiary/aromatic N) is 2. The fourth-order valence-corrected chi connectivity index (χ4v) is 2.48. The van der Waals surface area contributed by atoms with Gasteiger partial charge in [0.05, 0.1) is 14.2 Å². The number of hydrogen-bond donors (Lipinski definition) is 1. The summed E-state index contributed by atoms with van der Waals surface area (Å²) in [5.74, 6) is 0.670. The summed E-state index contributed by atoms with van der Waals surface area (Å²) in [4.78, 5) is 14.3. The first-order valence-corrected chi connectivity index (χ1v) is 7.57. The van der Waals surface area contributed by atoms with Gasteiger partial charge in [-0.25, -0.2) is 0 Å². The quantitative estimate of drug-likeness (QED) is 0.667. The van der Waals surface area contributed by atoms with Gasteiger partial charge in [0, 0.05) is 31.0 Å². The topological polar surface area (TPSA) is 74.6 Å². The van der Waals surface area contributed by atoms with Crippen LogP contribution in [0.4, 0.5) is 5.69 Å². The molecule has 0 radical (unpaired) electrons. The predicted octanol–water partition coefficient (Wildman–Crippen LogP) is 2.54. The van der Waals surface area contributed by atoms with Crippen LogP contribution >= 0.6 is 0 Å². The fourth-order valence-electron chi connectivity index (χ4n) is 2.48. The Kier molecular flexibility index (Phi) is 5.87. The fraction of sp³-hybridized carbons (Fsp3) is 0.412. The van der Waals surface area contributed by atoms with Crippen LogP contribution in [0, 0.1) is 11.3 Å². The van der Waals surface area contributed by atoms with Crippen molar-refractivity contribution in [3.63, 3.8) is 0 Å². The Labute approximate surface area is 136 Å². The van der Waals surface area contributed by atoms with Crippen molar-refractivity contribution in [2.45, 2.75) is 19.3 Å². The lowest BCUT2D eigenvalue weighted by Crippen LogP contribution is -2.26. The molecule has 122 valence electrons. The molecule has 1 amide bonds. The number of carbonyl (C=O) groups excluding carboxylic acids is 1. The zero-order chi connectivity index (χ0) is 16.7. The second-order valence-corrected chi connectivity index (χ2v) is 5.28. The van der Waals surface area contributed by atoms with Crippen LogP contribution in [0.15, 0.2) is 30.0 Å².